The maximum Gasteiger partial charge on any atom is 0.307 e. The van der Waals surface area contributed by atoms with E-state index < -0.39 is 11.8 Å². The van der Waals surface area contributed by atoms with E-state index in [2.05, 4.69) is 0 Å². The molecule has 3 aromatic carbocycles. The molecule has 6 N–H and O–H groups in total. The Labute approximate surface area is 174 Å². The Morgan fingerprint density at radius 2 is 1.73 bits per heavy atom. The number of carbonyl (C=O) groups is 1. The highest BCUT2D eigenvalue weighted by Gasteiger charge is 2.13. The lowest BCUT2D eigenvalue weighted by Crippen LogP contribution is -2.06. The monoisotopic (exact) mass is 412 g/mol. The minimum absolute atomic E-state index is 0.0214. The van der Waals surface area contributed by atoms with E-state index in [1.54, 1.807) is 36.4 Å². The lowest BCUT2D eigenvalue weighted by atomic mass is 10.00. The largest absolute Gasteiger partial charge is 0.488 e. The Bertz CT molecular complexity index is 1010. The fourth-order valence-corrected chi connectivity index (χ4v) is 2.97. The van der Waals surface area contributed by atoms with Gasteiger partial charge in [-0.2, -0.15) is 0 Å². The fraction of sp³-hybridized carbons (Fsp3) is 0.174. The maximum atomic E-state index is 14.5. The van der Waals surface area contributed by atoms with Crippen LogP contribution in [0.2, 0.25) is 0 Å². The van der Waals surface area contributed by atoms with Gasteiger partial charge in [-0.15, -0.1) is 0 Å². The van der Waals surface area contributed by atoms with E-state index >= 15 is 0 Å². The smallest absolute Gasteiger partial charge is 0.307 e. The number of aliphatic hydroxyl groups excluding tert-OH is 1. The van der Waals surface area contributed by atoms with Crippen LogP contribution in [-0.2, 0) is 24.4 Å². The van der Waals surface area contributed by atoms with Crippen molar-refractivity contribution in [3.05, 3.63) is 83.2 Å². The predicted molar refractivity (Wildman–Crippen MR) is 114 cm³/mol. The van der Waals surface area contributed by atoms with Gasteiger partial charge in [0.25, 0.3) is 0 Å². The molecule has 0 bridgehead atoms. The SMILES string of the molecule is CO.NCc1cccc(-c2cc(N)c(F)c(COc3ccccc3CC(=O)O)c2)c1. The number of aliphatic carboxylic acids is 1. The van der Waals surface area contributed by atoms with Crippen molar-refractivity contribution in [2.75, 3.05) is 12.8 Å². The third-order valence-corrected chi connectivity index (χ3v) is 4.37. The Kier molecular flexibility index (Phi) is 8.34. The summed E-state index contributed by atoms with van der Waals surface area (Å²) in [6.07, 6.45) is -0.174. The number of para-hydroxylation sites is 1. The molecular weight excluding hydrogens is 387 g/mol. The number of carboxylic acids is 1. The van der Waals surface area contributed by atoms with Gasteiger partial charge in [-0.25, -0.2) is 4.39 Å². The molecule has 0 unspecified atom stereocenters. The molecule has 0 atom stereocenters. The van der Waals surface area contributed by atoms with Gasteiger partial charge in [0, 0.05) is 24.8 Å². The van der Waals surface area contributed by atoms with Crippen molar-refractivity contribution in [2.24, 2.45) is 5.73 Å². The topological polar surface area (TPSA) is 119 Å². The molecule has 0 heterocycles. The third kappa shape index (κ3) is 5.79. The number of anilines is 1. The van der Waals surface area contributed by atoms with E-state index in [0.29, 0.717) is 23.4 Å². The maximum absolute atomic E-state index is 14.5. The molecule has 6 nitrogen and oxygen atoms in total. The molecule has 0 aliphatic carbocycles. The second-order valence-electron chi connectivity index (χ2n) is 6.41. The first-order chi connectivity index (χ1) is 14.5. The van der Waals surface area contributed by atoms with Crippen molar-refractivity contribution in [2.45, 2.75) is 19.6 Å². The predicted octanol–water partition coefficient (Wildman–Crippen LogP) is 3.35. The van der Waals surface area contributed by atoms with Gasteiger partial charge >= 0.3 is 5.97 Å². The molecule has 0 saturated heterocycles. The van der Waals surface area contributed by atoms with Crippen LogP contribution in [0, 0.1) is 5.82 Å². The van der Waals surface area contributed by atoms with E-state index in [-0.39, 0.29) is 18.7 Å². The van der Waals surface area contributed by atoms with Gasteiger partial charge in [-0.05, 0) is 41.0 Å². The number of rotatable bonds is 7. The Hall–Kier alpha value is -3.42. The standard InChI is InChI=1S/C22H21FN2O3.CH4O/c23-22-18(13-28-20-7-2-1-5-16(20)11-21(26)27)9-17(10-19(22)25)15-6-3-4-14(8-15)12-24;1-2/h1-10H,11-13,24-25H2,(H,26,27);2H,1H3. The average Bonchev–Trinajstić information content (AvgIpc) is 2.76. The van der Waals surface area contributed by atoms with Crippen LogP contribution in [0.3, 0.4) is 0 Å². The highest BCUT2D eigenvalue weighted by atomic mass is 19.1. The number of hydrogen-bond donors (Lipinski definition) is 4. The summed E-state index contributed by atoms with van der Waals surface area (Å²) in [5.41, 5.74) is 15.0. The normalized spacial score (nSPS) is 10.1. The number of aliphatic hydroxyl groups is 1. The molecule has 7 heteroatoms. The van der Waals surface area contributed by atoms with Crippen LogP contribution in [0.1, 0.15) is 16.7 Å². The number of halogens is 1. The van der Waals surface area contributed by atoms with Crippen molar-refractivity contribution in [1.29, 1.82) is 0 Å². The Morgan fingerprint density at radius 1 is 1.00 bits per heavy atom. The zero-order valence-electron chi connectivity index (χ0n) is 16.6. The van der Waals surface area contributed by atoms with E-state index in [1.165, 1.54) is 0 Å². The molecule has 0 spiro atoms. The molecule has 0 amide bonds. The first kappa shape index (κ1) is 22.9. The highest BCUT2D eigenvalue weighted by molar-refractivity contribution is 5.71. The quantitative estimate of drug-likeness (QED) is 0.442. The number of carboxylic acid groups (broad SMARTS) is 1. The summed E-state index contributed by atoms with van der Waals surface area (Å²) in [5, 5.41) is 16.0. The summed E-state index contributed by atoms with van der Waals surface area (Å²) in [7, 11) is 1.00. The van der Waals surface area contributed by atoms with Gasteiger partial charge in [-0.3, -0.25) is 4.79 Å². The molecule has 3 aromatic rings. The zero-order chi connectivity index (χ0) is 22.1. The minimum atomic E-state index is -0.965. The van der Waals surface area contributed by atoms with Crippen molar-refractivity contribution < 1.29 is 24.1 Å². The summed E-state index contributed by atoms with van der Waals surface area (Å²) < 4.78 is 20.3. The molecular formula is C23H25FN2O4. The molecule has 0 radical (unpaired) electrons. The van der Waals surface area contributed by atoms with Crippen LogP contribution in [0.5, 0.6) is 5.75 Å². The average molecular weight is 412 g/mol. The summed E-state index contributed by atoms with van der Waals surface area (Å²) in [5.74, 6) is -1.11. The molecule has 158 valence electrons. The van der Waals surface area contributed by atoms with Gasteiger partial charge in [-0.1, -0.05) is 36.4 Å². The zero-order valence-corrected chi connectivity index (χ0v) is 16.6. The number of ether oxygens (including phenoxy) is 1. The summed E-state index contributed by atoms with van der Waals surface area (Å²) in [4.78, 5) is 11.0. The third-order valence-electron chi connectivity index (χ3n) is 4.37. The van der Waals surface area contributed by atoms with Gasteiger partial charge in [0.05, 0.1) is 12.1 Å². The lowest BCUT2D eigenvalue weighted by Gasteiger charge is -2.13. The van der Waals surface area contributed by atoms with E-state index in [1.807, 2.05) is 24.3 Å². The van der Waals surface area contributed by atoms with E-state index in [0.717, 1.165) is 23.8 Å². The van der Waals surface area contributed by atoms with Crippen LogP contribution < -0.4 is 16.2 Å². The van der Waals surface area contributed by atoms with Gasteiger partial charge in [0.2, 0.25) is 0 Å². The summed E-state index contributed by atoms with van der Waals surface area (Å²) in [6, 6.07) is 17.7. The van der Waals surface area contributed by atoms with Crippen LogP contribution in [0.4, 0.5) is 10.1 Å². The Balaban J connectivity index is 0.00000155. The van der Waals surface area contributed by atoms with Gasteiger partial charge in [0.15, 0.2) is 5.82 Å². The highest BCUT2D eigenvalue weighted by Crippen LogP contribution is 2.28. The second kappa shape index (κ2) is 10.9. The Morgan fingerprint density at radius 3 is 2.43 bits per heavy atom. The number of nitrogen functional groups attached to an aromatic ring is 1. The van der Waals surface area contributed by atoms with Crippen molar-refractivity contribution in [1.82, 2.24) is 0 Å². The molecule has 0 fully saturated rings. The summed E-state index contributed by atoms with van der Waals surface area (Å²) >= 11 is 0. The number of benzene rings is 3. The van der Waals surface area contributed by atoms with Gasteiger partial charge < -0.3 is 26.4 Å². The number of hydrogen-bond acceptors (Lipinski definition) is 5. The van der Waals surface area contributed by atoms with E-state index in [9.17, 15) is 9.18 Å². The van der Waals surface area contributed by atoms with Crippen LogP contribution in [0.25, 0.3) is 11.1 Å². The minimum Gasteiger partial charge on any atom is -0.488 e. The lowest BCUT2D eigenvalue weighted by molar-refractivity contribution is -0.136. The first-order valence-electron chi connectivity index (χ1n) is 9.22. The molecule has 3 rings (SSSR count). The molecule has 0 aliphatic heterocycles. The van der Waals surface area contributed by atoms with Crippen molar-refractivity contribution >= 4 is 11.7 Å². The fourth-order valence-electron chi connectivity index (χ4n) is 2.97. The molecule has 0 aromatic heterocycles. The molecule has 30 heavy (non-hydrogen) atoms. The molecule has 0 saturated carbocycles. The van der Waals surface area contributed by atoms with Crippen LogP contribution >= 0.6 is 0 Å². The van der Waals surface area contributed by atoms with Crippen LogP contribution in [-0.4, -0.2) is 23.3 Å². The van der Waals surface area contributed by atoms with Crippen molar-refractivity contribution in [3.8, 4) is 16.9 Å². The first-order valence-corrected chi connectivity index (χ1v) is 9.22. The molecule has 0 aliphatic rings. The van der Waals surface area contributed by atoms with Crippen LogP contribution in [0.15, 0.2) is 60.7 Å². The van der Waals surface area contributed by atoms with E-state index in [4.69, 9.17) is 26.4 Å². The van der Waals surface area contributed by atoms with Gasteiger partial charge in [0.1, 0.15) is 12.4 Å². The second-order valence-corrected chi connectivity index (χ2v) is 6.41. The number of nitrogens with two attached hydrogens (primary N) is 2. The summed E-state index contributed by atoms with van der Waals surface area (Å²) in [6.45, 7) is 0.331. The van der Waals surface area contributed by atoms with Crippen molar-refractivity contribution in [3.63, 3.8) is 0 Å².